The molecule has 0 saturated heterocycles. The summed E-state index contributed by atoms with van der Waals surface area (Å²) in [5.74, 6) is -0.719. The van der Waals surface area contributed by atoms with Crippen molar-refractivity contribution in [2.75, 3.05) is 29.0 Å². The molecule has 30 heavy (non-hydrogen) atoms. The number of rotatable bonds is 8. The summed E-state index contributed by atoms with van der Waals surface area (Å²) in [6.07, 6.45) is 1.56. The maximum Gasteiger partial charge on any atom is 0.257 e. The van der Waals surface area contributed by atoms with Crippen LogP contribution < -0.4 is 16.0 Å². The highest BCUT2D eigenvalue weighted by Gasteiger charge is 2.27. The molecule has 0 saturated carbocycles. The van der Waals surface area contributed by atoms with E-state index in [2.05, 4.69) is 48.5 Å². The van der Waals surface area contributed by atoms with E-state index in [1.807, 2.05) is 25.1 Å². The number of hydrogen-bond acceptors (Lipinski definition) is 4. The molecule has 0 radical (unpaired) electrons. The topological polar surface area (TPSA) is 56.4 Å². The number of fused-ring (bicyclic) bond motifs is 1. The summed E-state index contributed by atoms with van der Waals surface area (Å²) in [5, 5.41) is 9.33. The second kappa shape index (κ2) is 9.30. The minimum atomic E-state index is -0.411. The van der Waals surface area contributed by atoms with Crippen molar-refractivity contribution >= 4 is 28.5 Å². The van der Waals surface area contributed by atoms with Crippen LogP contribution in [0.3, 0.4) is 0 Å². The van der Waals surface area contributed by atoms with Gasteiger partial charge in [0.25, 0.3) is 5.91 Å². The highest BCUT2D eigenvalue weighted by atomic mass is 19.1. The Hall–Kier alpha value is -2.86. The quantitative estimate of drug-likeness (QED) is 0.532. The number of carbonyl (C=O) groups is 1. The first-order chi connectivity index (χ1) is 14.3. The molecule has 6 heteroatoms. The van der Waals surface area contributed by atoms with Crippen molar-refractivity contribution in [2.24, 2.45) is 0 Å². The second-order valence-corrected chi connectivity index (χ2v) is 8.20. The van der Waals surface area contributed by atoms with Crippen LogP contribution in [-0.4, -0.2) is 36.0 Å². The number of hydrogen-bond donors (Lipinski definition) is 3. The van der Waals surface area contributed by atoms with Crippen LogP contribution in [0.1, 0.15) is 38.8 Å². The number of anilines is 3. The summed E-state index contributed by atoms with van der Waals surface area (Å²) in [7, 11) is 0. The van der Waals surface area contributed by atoms with Crippen molar-refractivity contribution in [3.63, 3.8) is 0 Å². The van der Waals surface area contributed by atoms with Crippen LogP contribution in [-0.2, 0) is 4.79 Å². The molecule has 0 fully saturated rings. The number of halogens is 1. The molecule has 3 N–H and O–H groups in total. The maximum absolute atomic E-state index is 14.2. The van der Waals surface area contributed by atoms with Gasteiger partial charge < -0.3 is 16.0 Å². The van der Waals surface area contributed by atoms with Crippen molar-refractivity contribution in [3.05, 3.63) is 59.5 Å². The van der Waals surface area contributed by atoms with E-state index in [9.17, 15) is 9.18 Å². The van der Waals surface area contributed by atoms with Crippen molar-refractivity contribution in [2.45, 2.75) is 46.7 Å². The Morgan fingerprint density at radius 1 is 1.13 bits per heavy atom. The van der Waals surface area contributed by atoms with Gasteiger partial charge in [0.05, 0.1) is 11.3 Å². The molecule has 0 atom stereocenters. The van der Waals surface area contributed by atoms with Crippen LogP contribution in [0, 0.1) is 12.7 Å². The molecule has 160 valence electrons. The number of aryl methyl sites for hydroxylation is 1. The van der Waals surface area contributed by atoms with Gasteiger partial charge in [0.1, 0.15) is 5.82 Å². The Bertz CT molecular complexity index is 944. The molecule has 5 nitrogen and oxygen atoms in total. The SMILES string of the molecule is Cc1cc(NC=C2C(=O)Nc3cccc(F)c32)ccc1NCCN(C(C)C)C(C)C. The Morgan fingerprint density at radius 3 is 2.53 bits per heavy atom. The van der Waals surface area contributed by atoms with Gasteiger partial charge in [0.2, 0.25) is 0 Å². The Balaban J connectivity index is 1.65. The molecule has 0 bridgehead atoms. The summed E-state index contributed by atoms with van der Waals surface area (Å²) < 4.78 is 14.2. The van der Waals surface area contributed by atoms with E-state index in [-0.39, 0.29) is 5.91 Å². The Labute approximate surface area is 178 Å². The zero-order chi connectivity index (χ0) is 21.8. The minimum absolute atomic E-state index is 0.297. The average Bonchev–Trinajstić information content (AvgIpc) is 3.00. The first-order valence-electron chi connectivity index (χ1n) is 10.4. The first kappa shape index (κ1) is 21.8. The van der Waals surface area contributed by atoms with Gasteiger partial charge in [-0.25, -0.2) is 4.39 Å². The Kier molecular flexibility index (Phi) is 6.77. The van der Waals surface area contributed by atoms with Crippen molar-refractivity contribution in [3.8, 4) is 0 Å². The molecule has 1 aliphatic heterocycles. The number of carbonyl (C=O) groups excluding carboxylic acids is 1. The highest BCUT2D eigenvalue weighted by Crippen LogP contribution is 2.33. The lowest BCUT2D eigenvalue weighted by Crippen LogP contribution is -2.40. The third kappa shape index (κ3) is 4.82. The van der Waals surface area contributed by atoms with E-state index in [0.717, 1.165) is 30.0 Å². The molecule has 0 aliphatic carbocycles. The number of benzene rings is 2. The molecular weight excluding hydrogens is 379 g/mol. The van der Waals surface area contributed by atoms with Gasteiger partial charge in [-0.15, -0.1) is 0 Å². The van der Waals surface area contributed by atoms with E-state index >= 15 is 0 Å². The van der Waals surface area contributed by atoms with Gasteiger partial charge in [-0.3, -0.25) is 9.69 Å². The minimum Gasteiger partial charge on any atom is -0.384 e. The molecule has 1 amide bonds. The summed E-state index contributed by atoms with van der Waals surface area (Å²) in [6.45, 7) is 12.8. The van der Waals surface area contributed by atoms with E-state index in [0.29, 0.717) is 28.9 Å². The van der Waals surface area contributed by atoms with Crippen molar-refractivity contribution in [1.29, 1.82) is 0 Å². The predicted molar refractivity (Wildman–Crippen MR) is 123 cm³/mol. The molecule has 3 rings (SSSR count). The summed E-state index contributed by atoms with van der Waals surface area (Å²) in [6, 6.07) is 11.6. The maximum atomic E-state index is 14.2. The molecule has 0 spiro atoms. The number of amides is 1. The van der Waals surface area contributed by atoms with Gasteiger partial charge in [0.15, 0.2) is 0 Å². The molecule has 2 aromatic rings. The van der Waals surface area contributed by atoms with Gasteiger partial charge in [-0.2, -0.15) is 0 Å². The molecule has 1 aliphatic rings. The van der Waals surface area contributed by atoms with Gasteiger partial charge in [-0.1, -0.05) is 6.07 Å². The number of nitrogens with zero attached hydrogens (tertiary/aromatic N) is 1. The van der Waals surface area contributed by atoms with E-state index in [4.69, 9.17) is 0 Å². The lowest BCUT2D eigenvalue weighted by molar-refractivity contribution is -0.110. The number of nitrogens with one attached hydrogen (secondary N) is 3. The fourth-order valence-electron chi connectivity index (χ4n) is 3.88. The fourth-order valence-corrected chi connectivity index (χ4v) is 3.88. The van der Waals surface area contributed by atoms with Crippen molar-refractivity contribution in [1.82, 2.24) is 4.90 Å². The third-order valence-electron chi connectivity index (χ3n) is 5.40. The highest BCUT2D eigenvalue weighted by molar-refractivity contribution is 6.31. The third-order valence-corrected chi connectivity index (χ3v) is 5.40. The van der Waals surface area contributed by atoms with Crippen molar-refractivity contribution < 1.29 is 9.18 Å². The molecule has 2 aromatic carbocycles. The molecule has 0 aromatic heterocycles. The van der Waals surface area contributed by atoms with Crippen LogP contribution >= 0.6 is 0 Å². The smallest absolute Gasteiger partial charge is 0.257 e. The van der Waals surface area contributed by atoms with E-state index in [1.165, 1.54) is 6.07 Å². The van der Waals surface area contributed by atoms with Crippen LogP contribution in [0.5, 0.6) is 0 Å². The van der Waals surface area contributed by atoms with Gasteiger partial charge in [0, 0.05) is 48.3 Å². The zero-order valence-electron chi connectivity index (χ0n) is 18.3. The summed E-state index contributed by atoms with van der Waals surface area (Å²) in [5.41, 5.74) is 4.13. The first-order valence-corrected chi connectivity index (χ1v) is 10.4. The normalized spacial score (nSPS) is 14.6. The molecule has 1 heterocycles. The largest absolute Gasteiger partial charge is 0.384 e. The summed E-state index contributed by atoms with van der Waals surface area (Å²) in [4.78, 5) is 14.6. The van der Waals surface area contributed by atoms with E-state index < -0.39 is 5.82 Å². The fraction of sp³-hybridized carbons (Fsp3) is 0.375. The predicted octanol–water partition coefficient (Wildman–Crippen LogP) is 5.07. The zero-order valence-corrected chi connectivity index (χ0v) is 18.3. The summed E-state index contributed by atoms with van der Waals surface area (Å²) >= 11 is 0. The van der Waals surface area contributed by atoms with Crippen LogP contribution in [0.4, 0.5) is 21.5 Å². The molecule has 0 unspecified atom stereocenters. The van der Waals surface area contributed by atoms with E-state index in [1.54, 1.807) is 18.3 Å². The average molecular weight is 411 g/mol. The lowest BCUT2D eigenvalue weighted by Gasteiger charge is -2.30. The lowest BCUT2D eigenvalue weighted by atomic mass is 10.1. The van der Waals surface area contributed by atoms with Crippen LogP contribution in [0.25, 0.3) is 5.57 Å². The standard InChI is InChI=1S/C24H31FN4O/c1-15(2)29(16(3)4)12-11-26-21-10-9-18(13-17(21)5)27-14-19-23-20(25)7-6-8-22(23)28-24(19)30/h6-10,13-16,26-27H,11-12H2,1-5H3,(H,28,30). The van der Waals surface area contributed by atoms with Crippen LogP contribution in [0.2, 0.25) is 0 Å². The van der Waals surface area contributed by atoms with Gasteiger partial charge >= 0.3 is 0 Å². The molecular formula is C24H31FN4O. The monoisotopic (exact) mass is 410 g/mol. The second-order valence-electron chi connectivity index (χ2n) is 8.20. The Morgan fingerprint density at radius 2 is 1.87 bits per heavy atom. The van der Waals surface area contributed by atoms with Gasteiger partial charge in [-0.05, 0) is 70.5 Å². The van der Waals surface area contributed by atoms with Crippen LogP contribution in [0.15, 0.2) is 42.6 Å².